The predicted molar refractivity (Wildman–Crippen MR) is 138 cm³/mol. The lowest BCUT2D eigenvalue weighted by atomic mass is 10.0. The molecule has 1 unspecified atom stereocenters. The molecule has 0 amide bonds. The van der Waals surface area contributed by atoms with Gasteiger partial charge in [0.1, 0.15) is 10.8 Å². The highest BCUT2D eigenvalue weighted by Crippen LogP contribution is 2.36. The Labute approximate surface area is 212 Å². The van der Waals surface area contributed by atoms with Gasteiger partial charge in [0.2, 0.25) is 0 Å². The first-order valence-electron chi connectivity index (χ1n) is 11.2. The molecule has 35 heavy (non-hydrogen) atoms. The van der Waals surface area contributed by atoms with Crippen molar-refractivity contribution in [3.05, 3.63) is 75.4 Å². The van der Waals surface area contributed by atoms with Crippen LogP contribution in [0.3, 0.4) is 0 Å². The maximum Gasteiger partial charge on any atom is 0.416 e. The van der Waals surface area contributed by atoms with Gasteiger partial charge in [0, 0.05) is 16.4 Å². The van der Waals surface area contributed by atoms with Crippen molar-refractivity contribution < 1.29 is 27.8 Å². The van der Waals surface area contributed by atoms with Crippen LogP contribution in [-0.4, -0.2) is 28.4 Å². The average Bonchev–Trinajstić information content (AvgIpc) is 3.26. The maximum absolute atomic E-state index is 12.8. The predicted octanol–water partition coefficient (Wildman–Crippen LogP) is 8.08. The lowest BCUT2D eigenvalue weighted by molar-refractivity contribution is -0.140. The molecule has 1 atom stereocenters. The minimum absolute atomic E-state index is 0.209. The van der Waals surface area contributed by atoms with Crippen LogP contribution in [0, 0.1) is 0 Å². The second-order valence-corrected chi connectivity index (χ2v) is 9.93. The second kappa shape index (κ2) is 13.5. The zero-order valence-electron chi connectivity index (χ0n) is 20.2. The van der Waals surface area contributed by atoms with Gasteiger partial charge in [0.25, 0.3) is 0 Å². The summed E-state index contributed by atoms with van der Waals surface area (Å²) in [4.78, 5) is 16.7. The Morgan fingerprint density at radius 3 is 2.54 bits per heavy atom. The fourth-order valence-electron chi connectivity index (χ4n) is 3.13. The van der Waals surface area contributed by atoms with Crippen molar-refractivity contribution in [2.24, 2.45) is 0 Å². The lowest BCUT2D eigenvalue weighted by Crippen LogP contribution is -2.07. The number of hydrogen-bond donors (Lipinski definition) is 1. The van der Waals surface area contributed by atoms with E-state index in [1.807, 2.05) is 31.4 Å². The van der Waals surface area contributed by atoms with Crippen LogP contribution in [0.5, 0.6) is 0 Å². The normalized spacial score (nSPS) is 13.9. The molecule has 0 fully saturated rings. The van der Waals surface area contributed by atoms with Gasteiger partial charge in [-0.15, -0.1) is 23.1 Å². The van der Waals surface area contributed by atoms with Crippen molar-refractivity contribution in [1.29, 1.82) is 0 Å². The minimum Gasteiger partial charge on any atom is -0.482 e. The van der Waals surface area contributed by atoms with Crippen LogP contribution in [-0.2, 0) is 22.1 Å². The molecule has 9 heteroatoms. The number of alkyl halides is 3. The molecule has 0 aliphatic heterocycles. The van der Waals surface area contributed by atoms with Crippen molar-refractivity contribution in [3.8, 4) is 10.6 Å². The molecule has 190 valence electrons. The summed E-state index contributed by atoms with van der Waals surface area (Å²) in [7, 11) is 0. The van der Waals surface area contributed by atoms with E-state index in [2.05, 4.69) is 13.8 Å². The maximum atomic E-state index is 12.8. The molecule has 0 radical (unpaired) electrons. The molecule has 2 rings (SSSR count). The molecule has 0 saturated heterocycles. The van der Waals surface area contributed by atoms with Crippen molar-refractivity contribution in [2.75, 3.05) is 12.4 Å². The summed E-state index contributed by atoms with van der Waals surface area (Å²) in [6.07, 6.45) is 2.80. The van der Waals surface area contributed by atoms with Crippen LogP contribution in [0.1, 0.15) is 56.2 Å². The van der Waals surface area contributed by atoms with Gasteiger partial charge in [0.05, 0.1) is 11.3 Å². The van der Waals surface area contributed by atoms with Crippen LogP contribution >= 0.6 is 23.1 Å². The Morgan fingerprint density at radius 1 is 1.29 bits per heavy atom. The Balaban J connectivity index is 1.98. The van der Waals surface area contributed by atoms with E-state index in [-0.39, 0.29) is 5.92 Å². The zero-order chi connectivity index (χ0) is 26.0. The number of thioether (sulfide) groups is 1. The van der Waals surface area contributed by atoms with Gasteiger partial charge in [-0.05, 0) is 61.6 Å². The fourth-order valence-corrected chi connectivity index (χ4v) is 5.08. The molecule has 1 heterocycles. The summed E-state index contributed by atoms with van der Waals surface area (Å²) in [6, 6.07) is 5.15. The highest BCUT2D eigenvalue weighted by atomic mass is 32.2. The number of aromatic nitrogens is 1. The number of ether oxygens (including phenoxy) is 1. The number of thiazole rings is 1. The first-order chi connectivity index (χ1) is 16.6. The number of carbonyl (C=O) groups is 1. The Kier molecular flexibility index (Phi) is 11.1. The van der Waals surface area contributed by atoms with Crippen molar-refractivity contribution in [3.63, 3.8) is 0 Å². The molecule has 0 saturated carbocycles. The van der Waals surface area contributed by atoms with E-state index >= 15 is 0 Å². The first kappa shape index (κ1) is 28.7. The number of rotatable bonds is 12. The number of hydrogen-bond acceptors (Lipinski definition) is 5. The molecular formula is C26H30F3NO3S2. The number of benzene rings is 1. The van der Waals surface area contributed by atoms with Gasteiger partial charge < -0.3 is 9.84 Å². The van der Waals surface area contributed by atoms with Crippen LogP contribution in [0.25, 0.3) is 10.6 Å². The van der Waals surface area contributed by atoms with E-state index in [0.717, 1.165) is 51.9 Å². The van der Waals surface area contributed by atoms with Crippen LogP contribution in [0.4, 0.5) is 13.2 Å². The van der Waals surface area contributed by atoms with Gasteiger partial charge in [-0.2, -0.15) is 13.2 Å². The van der Waals surface area contributed by atoms with Gasteiger partial charge in [-0.1, -0.05) is 38.1 Å². The SMILES string of the molecule is C\C=C(C)/C(=C\C=C\SCCC(C)c1nc(-c2ccc(C(F)(F)F)cc2)sc1CC)OCC(=O)O. The average molecular weight is 526 g/mol. The van der Waals surface area contributed by atoms with Crippen LogP contribution in [0.15, 0.2) is 59.2 Å². The summed E-state index contributed by atoms with van der Waals surface area (Å²) >= 11 is 3.17. The number of allylic oxidation sites excluding steroid dienone is 4. The standard InChI is InChI=1S/C26H30F3NO3S2/c1-5-17(3)21(33-16-23(31)32)8-7-14-34-15-13-18(4)24-22(6-2)35-25(30-24)19-9-11-20(12-10-19)26(27,28)29/h5,7-12,14,18H,6,13,15-16H2,1-4H3,(H,31,32)/b14-7+,17-5-,21-8+. The van der Waals surface area contributed by atoms with Gasteiger partial charge in [-0.25, -0.2) is 9.78 Å². The molecule has 0 aliphatic rings. The number of carboxylic acids is 1. The highest BCUT2D eigenvalue weighted by Gasteiger charge is 2.30. The molecule has 0 aliphatic carbocycles. The third kappa shape index (κ3) is 8.89. The summed E-state index contributed by atoms with van der Waals surface area (Å²) in [5, 5.41) is 11.5. The topological polar surface area (TPSA) is 59.4 Å². The van der Waals surface area contributed by atoms with Gasteiger partial charge >= 0.3 is 12.1 Å². The minimum atomic E-state index is -4.35. The fraction of sp³-hybridized carbons (Fsp3) is 0.385. The summed E-state index contributed by atoms with van der Waals surface area (Å²) in [5.41, 5.74) is 1.89. The second-order valence-electron chi connectivity index (χ2n) is 7.83. The van der Waals surface area contributed by atoms with E-state index < -0.39 is 24.3 Å². The summed E-state index contributed by atoms with van der Waals surface area (Å²) in [6.45, 7) is 7.49. The van der Waals surface area contributed by atoms with Crippen LogP contribution in [0.2, 0.25) is 0 Å². The number of aliphatic carboxylic acids is 1. The molecule has 1 N–H and O–H groups in total. The smallest absolute Gasteiger partial charge is 0.416 e. The zero-order valence-corrected chi connectivity index (χ0v) is 21.8. The largest absolute Gasteiger partial charge is 0.482 e. The first-order valence-corrected chi connectivity index (χ1v) is 13.1. The lowest BCUT2D eigenvalue weighted by Gasteiger charge is -2.09. The number of aryl methyl sites for hydroxylation is 1. The molecule has 2 aromatic rings. The summed E-state index contributed by atoms with van der Waals surface area (Å²) < 4.78 is 43.9. The molecule has 0 bridgehead atoms. The van der Waals surface area contributed by atoms with Crippen LogP contribution < -0.4 is 0 Å². The van der Waals surface area contributed by atoms with Crippen molar-refractivity contribution >= 4 is 29.1 Å². The van der Waals surface area contributed by atoms with Crippen molar-refractivity contribution in [2.45, 2.75) is 52.6 Å². The van der Waals surface area contributed by atoms with E-state index in [1.165, 1.54) is 23.5 Å². The Hall–Kier alpha value is -2.52. The third-order valence-corrected chi connectivity index (χ3v) is 7.32. The monoisotopic (exact) mass is 525 g/mol. The van der Waals surface area contributed by atoms with Crippen molar-refractivity contribution in [1.82, 2.24) is 4.98 Å². The summed E-state index contributed by atoms with van der Waals surface area (Å²) in [5.74, 6) is 0.559. The molecule has 4 nitrogen and oxygen atoms in total. The highest BCUT2D eigenvalue weighted by molar-refractivity contribution is 8.02. The van der Waals surface area contributed by atoms with Gasteiger partial charge in [0.15, 0.2) is 6.61 Å². The van der Waals surface area contributed by atoms with E-state index in [1.54, 1.807) is 17.8 Å². The van der Waals surface area contributed by atoms with E-state index in [9.17, 15) is 18.0 Å². The Morgan fingerprint density at radius 2 is 1.97 bits per heavy atom. The Bertz CT molecular complexity index is 1070. The van der Waals surface area contributed by atoms with E-state index in [0.29, 0.717) is 11.3 Å². The number of halogens is 3. The molecule has 1 aromatic carbocycles. The number of carboxylic acid groups (broad SMARTS) is 1. The van der Waals surface area contributed by atoms with E-state index in [4.69, 9.17) is 14.8 Å². The third-order valence-electron chi connectivity index (χ3n) is 5.24. The quantitative estimate of drug-likeness (QED) is 0.172. The molecule has 1 aromatic heterocycles. The number of nitrogens with zero attached hydrogens (tertiary/aromatic N) is 1. The molecular weight excluding hydrogens is 495 g/mol. The molecule has 0 spiro atoms. The van der Waals surface area contributed by atoms with Gasteiger partial charge in [-0.3, -0.25) is 0 Å².